The Labute approximate surface area is 207 Å². The van der Waals surface area contributed by atoms with Gasteiger partial charge in [-0.3, -0.25) is 0 Å². The van der Waals surface area contributed by atoms with Gasteiger partial charge in [0.2, 0.25) is 0 Å². The quantitative estimate of drug-likeness (QED) is 0.527. The van der Waals surface area contributed by atoms with Crippen LogP contribution in [0.4, 0.5) is 5.82 Å². The molecule has 1 aliphatic carbocycles. The predicted octanol–water partition coefficient (Wildman–Crippen LogP) is 4.62. The number of nitrogens with one attached hydrogen (secondary N) is 1. The van der Waals surface area contributed by atoms with Crippen LogP contribution in [0.1, 0.15) is 50.8 Å². The molecule has 0 amide bonds. The number of halogens is 1. The van der Waals surface area contributed by atoms with Gasteiger partial charge in [0, 0.05) is 13.1 Å². The van der Waals surface area contributed by atoms with Gasteiger partial charge in [0.25, 0.3) is 0 Å². The molecule has 1 saturated heterocycles. The van der Waals surface area contributed by atoms with Crippen LogP contribution >= 0.6 is 11.6 Å². The standard InChI is InChI=1S/C25H30ClN5O2S/c1-24(2,3)34(32)30-22-16-6-5-7-19(33-4)17(16)14-25(22)10-12-31(13-11-25)21-15-27-23-18(28-21)8-9-20(26)29-23/h5-9,15,22,30H,10-14H2,1-4H3/t22-,34?/m1/s1. The van der Waals surface area contributed by atoms with Gasteiger partial charge in [0.05, 0.1) is 35.1 Å². The number of ether oxygens (including phenoxy) is 1. The normalized spacial score (nSPS) is 20.5. The number of piperidine rings is 1. The summed E-state index contributed by atoms with van der Waals surface area (Å²) in [7, 11) is 0.544. The Morgan fingerprint density at radius 3 is 2.65 bits per heavy atom. The second-order valence-corrected chi connectivity index (χ2v) is 12.6. The van der Waals surface area contributed by atoms with Crippen molar-refractivity contribution in [1.82, 2.24) is 19.7 Å². The Balaban J connectivity index is 1.42. The lowest BCUT2D eigenvalue weighted by Crippen LogP contribution is -2.48. The highest BCUT2D eigenvalue weighted by Gasteiger charge is 2.50. The van der Waals surface area contributed by atoms with E-state index in [9.17, 15) is 4.21 Å². The predicted molar refractivity (Wildman–Crippen MR) is 137 cm³/mol. The van der Waals surface area contributed by atoms with E-state index in [0.29, 0.717) is 10.8 Å². The fourth-order valence-corrected chi connectivity index (χ4v) is 6.25. The van der Waals surface area contributed by atoms with Crippen LogP contribution in [0, 0.1) is 5.41 Å². The lowest BCUT2D eigenvalue weighted by Gasteiger charge is -2.44. The Bertz CT molecular complexity index is 1250. The molecule has 1 aliphatic heterocycles. The van der Waals surface area contributed by atoms with Crippen LogP contribution in [-0.2, 0) is 17.4 Å². The smallest absolute Gasteiger partial charge is 0.179 e. The van der Waals surface area contributed by atoms with Gasteiger partial charge < -0.3 is 9.64 Å². The van der Waals surface area contributed by atoms with Gasteiger partial charge in [-0.25, -0.2) is 23.9 Å². The van der Waals surface area contributed by atoms with E-state index in [1.54, 1.807) is 19.4 Å². The molecule has 5 rings (SSSR count). The Kier molecular flexibility index (Phi) is 6.02. The van der Waals surface area contributed by atoms with Crippen LogP contribution < -0.4 is 14.4 Å². The third-order valence-corrected chi connectivity index (χ3v) is 8.84. The Hall–Kier alpha value is -2.29. The van der Waals surface area contributed by atoms with E-state index < -0.39 is 11.0 Å². The molecule has 3 aromatic rings. The van der Waals surface area contributed by atoms with Crippen molar-refractivity contribution in [3.05, 3.63) is 52.8 Å². The average molecular weight is 500 g/mol. The number of hydrogen-bond donors (Lipinski definition) is 1. The molecule has 9 heteroatoms. The minimum Gasteiger partial charge on any atom is -0.496 e. The molecule has 34 heavy (non-hydrogen) atoms. The summed E-state index contributed by atoms with van der Waals surface area (Å²) in [6.45, 7) is 7.71. The molecule has 0 bridgehead atoms. The number of pyridine rings is 1. The maximum absolute atomic E-state index is 13.2. The number of anilines is 1. The molecule has 2 atom stereocenters. The molecule has 1 N–H and O–H groups in total. The van der Waals surface area contributed by atoms with Crippen molar-refractivity contribution in [3.63, 3.8) is 0 Å². The second-order valence-electron chi connectivity index (χ2n) is 10.2. The second kappa shape index (κ2) is 8.73. The lowest BCUT2D eigenvalue weighted by atomic mass is 9.73. The number of benzene rings is 1. The summed E-state index contributed by atoms with van der Waals surface area (Å²) in [5.74, 6) is 1.76. The van der Waals surface area contributed by atoms with Gasteiger partial charge >= 0.3 is 0 Å². The first-order chi connectivity index (χ1) is 16.2. The highest BCUT2D eigenvalue weighted by Crippen LogP contribution is 2.54. The number of hydrogen-bond acceptors (Lipinski definition) is 6. The molecule has 1 fully saturated rings. The summed E-state index contributed by atoms with van der Waals surface area (Å²) in [5, 5.41) is 0.414. The minimum absolute atomic E-state index is 0.00818. The monoisotopic (exact) mass is 499 g/mol. The first-order valence-corrected chi connectivity index (χ1v) is 13.1. The highest BCUT2D eigenvalue weighted by molar-refractivity contribution is 7.84. The number of fused-ring (bicyclic) bond motifs is 2. The van der Waals surface area contributed by atoms with Crippen molar-refractivity contribution in [2.45, 2.75) is 50.8 Å². The first-order valence-electron chi connectivity index (χ1n) is 11.6. The summed E-state index contributed by atoms with van der Waals surface area (Å²) in [5.41, 5.74) is 3.69. The van der Waals surface area contributed by atoms with Gasteiger partial charge in [-0.2, -0.15) is 0 Å². The molecule has 180 valence electrons. The van der Waals surface area contributed by atoms with E-state index >= 15 is 0 Å². The number of rotatable bonds is 4. The van der Waals surface area contributed by atoms with Gasteiger partial charge in [0.15, 0.2) is 5.65 Å². The third kappa shape index (κ3) is 4.16. The van der Waals surface area contributed by atoms with E-state index in [-0.39, 0.29) is 16.2 Å². The van der Waals surface area contributed by atoms with E-state index in [0.717, 1.165) is 49.4 Å². The zero-order chi connectivity index (χ0) is 24.1. The minimum atomic E-state index is -1.18. The van der Waals surface area contributed by atoms with Crippen molar-refractivity contribution >= 4 is 39.6 Å². The van der Waals surface area contributed by atoms with Crippen LogP contribution in [0.3, 0.4) is 0 Å². The fraction of sp³-hybridized carbons (Fsp3) is 0.480. The van der Waals surface area contributed by atoms with Crippen molar-refractivity contribution in [3.8, 4) is 5.75 Å². The molecule has 1 aromatic carbocycles. The van der Waals surface area contributed by atoms with Gasteiger partial charge in [-0.1, -0.05) is 23.7 Å². The van der Waals surface area contributed by atoms with Crippen LogP contribution in [0.15, 0.2) is 36.5 Å². The van der Waals surface area contributed by atoms with Crippen LogP contribution in [-0.4, -0.2) is 44.1 Å². The topological polar surface area (TPSA) is 80.2 Å². The summed E-state index contributed by atoms with van der Waals surface area (Å²) in [6.07, 6.45) is 4.58. The van der Waals surface area contributed by atoms with Crippen LogP contribution in [0.25, 0.3) is 11.2 Å². The van der Waals surface area contributed by atoms with E-state index in [1.807, 2.05) is 39.0 Å². The third-order valence-electron chi connectivity index (χ3n) is 7.06. The average Bonchev–Trinajstić information content (AvgIpc) is 3.11. The SMILES string of the molecule is COc1cccc2c1CC1(CCN(c3cnc4nc(Cl)ccc4n3)CC1)[C@@H]2NS(=O)C(C)(C)C. The number of aromatic nitrogens is 3. The lowest BCUT2D eigenvalue weighted by molar-refractivity contribution is 0.176. The largest absolute Gasteiger partial charge is 0.496 e. The molecule has 0 saturated carbocycles. The van der Waals surface area contributed by atoms with E-state index in [4.69, 9.17) is 21.3 Å². The molecule has 7 nitrogen and oxygen atoms in total. The Morgan fingerprint density at radius 1 is 1.18 bits per heavy atom. The van der Waals surface area contributed by atoms with Gasteiger partial charge in [-0.05, 0) is 74.8 Å². The molecule has 2 aliphatic rings. The van der Waals surface area contributed by atoms with Crippen molar-refractivity contribution in [2.75, 3.05) is 25.1 Å². The van der Waals surface area contributed by atoms with Gasteiger partial charge in [0.1, 0.15) is 22.2 Å². The summed E-state index contributed by atoms with van der Waals surface area (Å²) >= 11 is 5.99. The van der Waals surface area contributed by atoms with Crippen molar-refractivity contribution < 1.29 is 8.95 Å². The van der Waals surface area contributed by atoms with E-state index in [1.165, 1.54) is 11.1 Å². The summed E-state index contributed by atoms with van der Waals surface area (Å²) < 4.78 is 22.0. The molecular formula is C25H30ClN5O2S. The maximum Gasteiger partial charge on any atom is 0.179 e. The van der Waals surface area contributed by atoms with Gasteiger partial charge in [-0.15, -0.1) is 0 Å². The highest BCUT2D eigenvalue weighted by atomic mass is 35.5. The fourth-order valence-electron chi connectivity index (χ4n) is 5.16. The number of methoxy groups -OCH3 is 1. The van der Waals surface area contributed by atoms with Crippen molar-refractivity contribution in [2.24, 2.45) is 5.41 Å². The molecule has 0 radical (unpaired) electrons. The summed E-state index contributed by atoms with van der Waals surface area (Å²) in [4.78, 5) is 15.8. The zero-order valence-electron chi connectivity index (χ0n) is 20.0. The maximum atomic E-state index is 13.2. The van der Waals surface area contributed by atoms with Crippen LogP contribution in [0.2, 0.25) is 5.15 Å². The summed E-state index contributed by atoms with van der Waals surface area (Å²) in [6, 6.07) is 9.81. The Morgan fingerprint density at radius 2 is 1.94 bits per heavy atom. The van der Waals surface area contributed by atoms with Crippen molar-refractivity contribution in [1.29, 1.82) is 0 Å². The molecule has 2 aromatic heterocycles. The molecular weight excluding hydrogens is 470 g/mol. The zero-order valence-corrected chi connectivity index (χ0v) is 21.5. The molecule has 1 spiro atoms. The molecule has 3 heterocycles. The first kappa shape index (κ1) is 23.5. The van der Waals surface area contributed by atoms with Crippen LogP contribution in [0.5, 0.6) is 5.75 Å². The van der Waals surface area contributed by atoms with E-state index in [2.05, 4.69) is 25.7 Å². The number of nitrogens with zero attached hydrogens (tertiary/aromatic N) is 4. The molecule has 1 unspecified atom stereocenters.